The normalized spacial score (nSPS) is 19.4. The highest BCUT2D eigenvalue weighted by molar-refractivity contribution is 6.30. The van der Waals surface area contributed by atoms with Crippen LogP contribution in [0, 0.1) is 16.0 Å². The van der Waals surface area contributed by atoms with Crippen molar-refractivity contribution in [2.45, 2.75) is 25.0 Å². The second kappa shape index (κ2) is 10.8. The summed E-state index contributed by atoms with van der Waals surface area (Å²) in [5.74, 6) is 1.57. The fourth-order valence-corrected chi connectivity index (χ4v) is 5.59. The topological polar surface area (TPSA) is 76.8 Å². The largest absolute Gasteiger partial charge is 0.488 e. The van der Waals surface area contributed by atoms with Gasteiger partial charge in [-0.15, -0.1) is 0 Å². The molecule has 0 spiro atoms. The Kier molecular flexibility index (Phi) is 6.86. The number of allylic oxidation sites excluding steroid dienone is 2. The average molecular weight is 536 g/mol. The summed E-state index contributed by atoms with van der Waals surface area (Å²) in [5, 5.41) is 15.2. The zero-order valence-electron chi connectivity index (χ0n) is 21.0. The molecule has 1 heterocycles. The van der Waals surface area contributed by atoms with Crippen LogP contribution in [0.5, 0.6) is 5.75 Å². The molecule has 0 bridgehead atoms. The molecule has 6 rings (SSSR count). The average Bonchev–Trinajstić information content (AvgIpc) is 3.46. The smallest absolute Gasteiger partial charge is 0.269 e. The van der Waals surface area contributed by atoms with Crippen LogP contribution in [0.25, 0.3) is 0 Å². The molecule has 6 nitrogen and oxygen atoms in total. The summed E-state index contributed by atoms with van der Waals surface area (Å²) in [6, 6.07) is 28.9. The van der Waals surface area contributed by atoms with Crippen LogP contribution in [0.1, 0.15) is 40.6 Å². The van der Waals surface area contributed by atoms with Crippen molar-refractivity contribution in [3.8, 4) is 5.75 Å². The lowest BCUT2D eigenvalue weighted by Gasteiger charge is -2.37. The first-order chi connectivity index (χ1) is 19.0. The summed E-state index contributed by atoms with van der Waals surface area (Å²) >= 11 is 6.26. The summed E-state index contributed by atoms with van der Waals surface area (Å²) < 4.78 is 6.00. The standard InChI is InChI=1S/C32H26ClN3O3/c33-24-12-17-31(39-20-21-8-15-26(16-9-21)36(37)38)23(18-24)19-34-25-13-10-22(11-14-25)32-29-6-3-5-27(29)28-4-1-2-7-30(28)35-32/h1-5,7-19,27,29,32,35H,6,20H2/t27-,29-,32+/m1/s1. The summed E-state index contributed by atoms with van der Waals surface area (Å²) in [4.78, 5) is 15.1. The monoisotopic (exact) mass is 535 g/mol. The van der Waals surface area contributed by atoms with Crippen molar-refractivity contribution in [1.82, 2.24) is 0 Å². The highest BCUT2D eigenvalue weighted by Gasteiger charge is 2.37. The van der Waals surface area contributed by atoms with Gasteiger partial charge in [-0.2, -0.15) is 0 Å². The number of rotatable bonds is 7. The van der Waals surface area contributed by atoms with Gasteiger partial charge in [0, 0.05) is 40.5 Å². The van der Waals surface area contributed by atoms with Gasteiger partial charge in [0.05, 0.1) is 16.7 Å². The molecule has 1 aliphatic carbocycles. The number of nitrogens with one attached hydrogen (secondary N) is 1. The summed E-state index contributed by atoms with van der Waals surface area (Å²) in [6.07, 6.45) is 7.46. The van der Waals surface area contributed by atoms with E-state index in [-0.39, 0.29) is 18.3 Å². The Morgan fingerprint density at radius 1 is 1.03 bits per heavy atom. The number of aliphatic imine (C=N–C) groups is 1. The van der Waals surface area contributed by atoms with Gasteiger partial charge in [0.15, 0.2) is 0 Å². The van der Waals surface area contributed by atoms with Gasteiger partial charge in [-0.1, -0.05) is 54.1 Å². The molecule has 4 aromatic carbocycles. The number of benzene rings is 4. The molecule has 0 unspecified atom stereocenters. The molecule has 2 aliphatic rings. The third-order valence-electron chi connectivity index (χ3n) is 7.39. The summed E-state index contributed by atoms with van der Waals surface area (Å²) in [7, 11) is 0. The van der Waals surface area contributed by atoms with E-state index < -0.39 is 4.92 Å². The number of anilines is 1. The zero-order chi connectivity index (χ0) is 26.8. The number of nitrogens with zero attached hydrogens (tertiary/aromatic N) is 2. The molecule has 0 saturated heterocycles. The Balaban J connectivity index is 1.17. The first-order valence-corrected chi connectivity index (χ1v) is 13.2. The van der Waals surface area contributed by atoms with E-state index in [1.165, 1.54) is 28.9 Å². The molecular formula is C32H26ClN3O3. The molecule has 1 aliphatic heterocycles. The van der Waals surface area contributed by atoms with E-state index in [1.54, 1.807) is 36.5 Å². The van der Waals surface area contributed by atoms with Gasteiger partial charge in [-0.05, 0) is 77.6 Å². The maximum absolute atomic E-state index is 10.9. The minimum Gasteiger partial charge on any atom is -0.488 e. The maximum Gasteiger partial charge on any atom is 0.269 e. The Morgan fingerprint density at radius 2 is 1.82 bits per heavy atom. The molecule has 0 aromatic heterocycles. The highest BCUT2D eigenvalue weighted by atomic mass is 35.5. The number of hydrogen-bond acceptors (Lipinski definition) is 5. The molecule has 194 valence electrons. The fourth-order valence-electron chi connectivity index (χ4n) is 5.41. The third kappa shape index (κ3) is 5.29. The number of non-ortho nitro benzene ring substituents is 1. The predicted octanol–water partition coefficient (Wildman–Crippen LogP) is 8.40. The molecule has 1 N–H and O–H groups in total. The number of hydrogen-bond donors (Lipinski definition) is 1. The molecule has 4 aromatic rings. The molecule has 7 heteroatoms. The van der Waals surface area contributed by atoms with Crippen molar-refractivity contribution < 1.29 is 9.66 Å². The Labute approximate surface area is 231 Å². The zero-order valence-corrected chi connectivity index (χ0v) is 21.8. The molecule has 0 amide bonds. The van der Waals surface area contributed by atoms with Crippen LogP contribution in [-0.2, 0) is 6.61 Å². The SMILES string of the molecule is O=[N+]([O-])c1ccc(COc2ccc(Cl)cc2C=Nc2ccc([C@@H]3Nc4ccccc4[C@H]4C=CC[C@H]43)cc2)cc1. The Hall–Kier alpha value is -4.42. The van der Waals surface area contributed by atoms with Crippen LogP contribution in [0.2, 0.25) is 5.02 Å². The number of halogens is 1. The van der Waals surface area contributed by atoms with Gasteiger partial charge < -0.3 is 10.1 Å². The van der Waals surface area contributed by atoms with Gasteiger partial charge in [-0.3, -0.25) is 15.1 Å². The number of ether oxygens (including phenoxy) is 1. The van der Waals surface area contributed by atoms with Crippen LogP contribution in [0.3, 0.4) is 0 Å². The second-order valence-electron chi connectivity index (χ2n) is 9.81. The summed E-state index contributed by atoms with van der Waals surface area (Å²) in [5.41, 5.74) is 6.29. The van der Waals surface area contributed by atoms with Gasteiger partial charge in [0.25, 0.3) is 5.69 Å². The lowest BCUT2D eigenvalue weighted by Crippen LogP contribution is -2.28. The lowest BCUT2D eigenvalue weighted by molar-refractivity contribution is -0.384. The van der Waals surface area contributed by atoms with Crippen molar-refractivity contribution in [2.75, 3.05) is 5.32 Å². The molecule has 0 fully saturated rings. The number of nitro groups is 1. The van der Waals surface area contributed by atoms with Crippen LogP contribution < -0.4 is 10.1 Å². The van der Waals surface area contributed by atoms with Crippen molar-refractivity contribution >= 4 is 34.9 Å². The minimum absolute atomic E-state index is 0.0490. The minimum atomic E-state index is -0.418. The number of nitro benzene ring substituents is 1. The van der Waals surface area contributed by atoms with Crippen molar-refractivity contribution in [3.63, 3.8) is 0 Å². The Morgan fingerprint density at radius 3 is 2.62 bits per heavy atom. The fraction of sp³-hybridized carbons (Fsp3) is 0.156. The van der Waals surface area contributed by atoms with E-state index in [1.807, 2.05) is 12.1 Å². The van der Waals surface area contributed by atoms with Crippen molar-refractivity contribution in [2.24, 2.45) is 10.9 Å². The van der Waals surface area contributed by atoms with Gasteiger partial charge in [0.1, 0.15) is 12.4 Å². The molecule has 0 radical (unpaired) electrons. The van der Waals surface area contributed by atoms with Gasteiger partial charge in [-0.25, -0.2) is 0 Å². The first kappa shape index (κ1) is 24.9. The number of para-hydroxylation sites is 1. The maximum atomic E-state index is 10.9. The van der Waals surface area contributed by atoms with Crippen LogP contribution in [-0.4, -0.2) is 11.1 Å². The summed E-state index contributed by atoms with van der Waals surface area (Å²) in [6.45, 7) is 0.268. The Bertz CT molecular complexity index is 1560. The van der Waals surface area contributed by atoms with E-state index in [9.17, 15) is 10.1 Å². The highest BCUT2D eigenvalue weighted by Crippen LogP contribution is 2.49. The quantitative estimate of drug-likeness (QED) is 0.111. The molecular weight excluding hydrogens is 510 g/mol. The third-order valence-corrected chi connectivity index (χ3v) is 7.63. The second-order valence-corrected chi connectivity index (χ2v) is 10.2. The van der Waals surface area contributed by atoms with E-state index in [2.05, 4.69) is 58.9 Å². The van der Waals surface area contributed by atoms with Crippen LogP contribution >= 0.6 is 11.6 Å². The van der Waals surface area contributed by atoms with E-state index in [0.717, 1.165) is 23.2 Å². The molecule has 3 atom stereocenters. The van der Waals surface area contributed by atoms with Crippen LogP contribution in [0.15, 0.2) is 108 Å². The van der Waals surface area contributed by atoms with Crippen molar-refractivity contribution in [1.29, 1.82) is 0 Å². The lowest BCUT2D eigenvalue weighted by atomic mass is 9.77. The predicted molar refractivity (Wildman–Crippen MR) is 155 cm³/mol. The number of fused-ring (bicyclic) bond motifs is 3. The van der Waals surface area contributed by atoms with E-state index in [0.29, 0.717) is 22.6 Å². The first-order valence-electron chi connectivity index (χ1n) is 12.9. The van der Waals surface area contributed by atoms with Gasteiger partial charge in [0.2, 0.25) is 0 Å². The molecule has 39 heavy (non-hydrogen) atoms. The van der Waals surface area contributed by atoms with Gasteiger partial charge >= 0.3 is 0 Å². The van der Waals surface area contributed by atoms with Crippen molar-refractivity contribution in [3.05, 3.63) is 141 Å². The molecule has 0 saturated carbocycles. The van der Waals surface area contributed by atoms with E-state index in [4.69, 9.17) is 16.3 Å². The van der Waals surface area contributed by atoms with Crippen LogP contribution in [0.4, 0.5) is 17.1 Å². The van der Waals surface area contributed by atoms with E-state index >= 15 is 0 Å².